The zero-order valence-corrected chi connectivity index (χ0v) is 16.2. The Labute approximate surface area is 168 Å². The van der Waals surface area contributed by atoms with E-state index in [1.165, 1.54) is 36.7 Å². The first-order valence-corrected chi connectivity index (χ1v) is 9.62. The third-order valence-corrected chi connectivity index (χ3v) is 5.43. The summed E-state index contributed by atoms with van der Waals surface area (Å²) >= 11 is 0. The number of non-ortho nitro benzene ring substituents is 1. The maximum atomic E-state index is 12.7. The number of hydrogen-bond acceptors (Lipinski definition) is 6. The molecule has 0 unspecified atom stereocenters. The lowest BCUT2D eigenvalue weighted by Gasteiger charge is -2.26. The Morgan fingerprint density at radius 1 is 1.03 bits per heavy atom. The molecule has 2 aliphatic rings. The second-order valence-electron chi connectivity index (χ2n) is 7.50. The van der Waals surface area contributed by atoms with Crippen molar-refractivity contribution in [3.8, 4) is 0 Å². The van der Waals surface area contributed by atoms with Gasteiger partial charge in [-0.3, -0.25) is 29.5 Å². The summed E-state index contributed by atoms with van der Waals surface area (Å²) in [6.07, 6.45) is 2.37. The summed E-state index contributed by atoms with van der Waals surface area (Å²) in [5.74, 6) is -0.909. The number of nitro benzene ring substituents is 1. The number of nitrogens with zero attached hydrogens (tertiary/aromatic N) is 4. The van der Waals surface area contributed by atoms with Gasteiger partial charge in [-0.1, -0.05) is 18.2 Å². The van der Waals surface area contributed by atoms with E-state index in [1.807, 2.05) is 24.1 Å². The summed E-state index contributed by atoms with van der Waals surface area (Å²) in [5.41, 5.74) is 2.44. The molecule has 1 fully saturated rings. The molecule has 1 saturated heterocycles. The van der Waals surface area contributed by atoms with Crippen LogP contribution in [0.1, 0.15) is 39.1 Å². The van der Waals surface area contributed by atoms with Gasteiger partial charge in [0.05, 0.1) is 22.7 Å². The van der Waals surface area contributed by atoms with Crippen molar-refractivity contribution in [2.75, 3.05) is 31.7 Å². The van der Waals surface area contributed by atoms with Gasteiger partial charge in [-0.15, -0.1) is 0 Å². The minimum atomic E-state index is -0.567. The van der Waals surface area contributed by atoms with Crippen LogP contribution < -0.4 is 4.90 Å². The van der Waals surface area contributed by atoms with Crippen LogP contribution in [0.25, 0.3) is 0 Å². The van der Waals surface area contributed by atoms with Crippen molar-refractivity contribution in [2.24, 2.45) is 0 Å². The van der Waals surface area contributed by atoms with Crippen molar-refractivity contribution in [3.05, 3.63) is 69.3 Å². The molecule has 8 nitrogen and oxygen atoms in total. The molecular weight excluding hydrogens is 372 g/mol. The average molecular weight is 394 g/mol. The Kier molecular flexibility index (Phi) is 5.02. The molecule has 2 heterocycles. The lowest BCUT2D eigenvalue weighted by Crippen LogP contribution is -2.39. The average Bonchev–Trinajstić information content (AvgIpc) is 3.32. The predicted molar refractivity (Wildman–Crippen MR) is 108 cm³/mol. The molecule has 2 amide bonds. The number of hydrogen-bond donors (Lipinski definition) is 0. The van der Waals surface area contributed by atoms with Gasteiger partial charge in [-0.2, -0.15) is 0 Å². The summed E-state index contributed by atoms with van der Waals surface area (Å²) in [5, 5.41) is 11.0. The second-order valence-corrected chi connectivity index (χ2v) is 7.50. The SMILES string of the molecule is CN(Cc1ccccc1N1CCCC1)CN1C(=O)c2ccc([N+](=O)[O-])cc2C1=O. The summed E-state index contributed by atoms with van der Waals surface area (Å²) in [6, 6.07) is 12.0. The third-order valence-electron chi connectivity index (χ3n) is 5.43. The minimum absolute atomic E-state index is 0.0927. The highest BCUT2D eigenvalue weighted by Crippen LogP contribution is 2.28. The molecule has 150 valence electrons. The van der Waals surface area contributed by atoms with E-state index in [4.69, 9.17) is 0 Å². The lowest BCUT2D eigenvalue weighted by molar-refractivity contribution is -0.384. The van der Waals surface area contributed by atoms with Crippen LogP contribution in [0.3, 0.4) is 0 Å². The molecule has 0 N–H and O–H groups in total. The Balaban J connectivity index is 1.49. The maximum absolute atomic E-state index is 12.7. The number of para-hydroxylation sites is 1. The van der Waals surface area contributed by atoms with Crippen LogP contribution in [0.15, 0.2) is 42.5 Å². The fourth-order valence-electron chi connectivity index (χ4n) is 4.01. The monoisotopic (exact) mass is 394 g/mol. The fourth-order valence-corrected chi connectivity index (χ4v) is 4.01. The normalized spacial score (nSPS) is 16.1. The van der Waals surface area contributed by atoms with Crippen LogP contribution >= 0.6 is 0 Å². The van der Waals surface area contributed by atoms with Gasteiger partial charge in [-0.25, -0.2) is 0 Å². The molecule has 2 aliphatic heterocycles. The summed E-state index contributed by atoms with van der Waals surface area (Å²) in [4.78, 5) is 41.2. The Hall–Kier alpha value is -3.26. The van der Waals surface area contributed by atoms with E-state index >= 15 is 0 Å². The molecule has 0 bridgehead atoms. The first kappa shape index (κ1) is 19.1. The van der Waals surface area contributed by atoms with E-state index in [1.54, 1.807) is 0 Å². The van der Waals surface area contributed by atoms with Gasteiger partial charge in [-0.05, 0) is 37.6 Å². The van der Waals surface area contributed by atoms with E-state index in [0.717, 1.165) is 23.6 Å². The van der Waals surface area contributed by atoms with Gasteiger partial charge < -0.3 is 4.90 Å². The zero-order chi connectivity index (χ0) is 20.5. The van der Waals surface area contributed by atoms with Crippen molar-refractivity contribution in [1.82, 2.24) is 9.80 Å². The van der Waals surface area contributed by atoms with Crippen molar-refractivity contribution in [2.45, 2.75) is 19.4 Å². The number of benzene rings is 2. The van der Waals surface area contributed by atoms with E-state index in [2.05, 4.69) is 17.0 Å². The van der Waals surface area contributed by atoms with Gasteiger partial charge in [0, 0.05) is 37.5 Å². The van der Waals surface area contributed by atoms with Crippen LogP contribution in [0.5, 0.6) is 0 Å². The minimum Gasteiger partial charge on any atom is -0.371 e. The van der Waals surface area contributed by atoms with Crippen molar-refractivity contribution < 1.29 is 14.5 Å². The smallest absolute Gasteiger partial charge is 0.270 e. The molecule has 2 aromatic rings. The highest BCUT2D eigenvalue weighted by molar-refractivity contribution is 6.21. The highest BCUT2D eigenvalue weighted by atomic mass is 16.6. The molecule has 0 radical (unpaired) electrons. The standard InChI is InChI=1S/C21H22N4O4/c1-22(13-15-6-2-3-7-19(15)23-10-4-5-11-23)14-24-20(26)17-9-8-16(25(28)29)12-18(17)21(24)27/h2-3,6-9,12H,4-5,10-11,13-14H2,1H3. The predicted octanol–water partition coefficient (Wildman–Crippen LogP) is 2.88. The number of carbonyl (C=O) groups is 2. The number of carbonyl (C=O) groups excluding carboxylic acids is 2. The Bertz CT molecular complexity index is 984. The first-order valence-electron chi connectivity index (χ1n) is 9.62. The van der Waals surface area contributed by atoms with Crippen LogP contribution in [-0.2, 0) is 6.54 Å². The molecule has 0 spiro atoms. The molecule has 29 heavy (non-hydrogen) atoms. The van der Waals surface area contributed by atoms with Gasteiger partial charge in [0.2, 0.25) is 0 Å². The fraction of sp³-hybridized carbons (Fsp3) is 0.333. The molecule has 0 saturated carbocycles. The molecule has 0 atom stereocenters. The number of amides is 2. The summed E-state index contributed by atoms with van der Waals surface area (Å²) < 4.78 is 0. The molecule has 0 aromatic heterocycles. The van der Waals surface area contributed by atoms with Crippen molar-refractivity contribution in [3.63, 3.8) is 0 Å². The molecule has 0 aliphatic carbocycles. The quantitative estimate of drug-likeness (QED) is 0.425. The lowest BCUT2D eigenvalue weighted by atomic mass is 10.1. The van der Waals surface area contributed by atoms with Gasteiger partial charge in [0.1, 0.15) is 0 Å². The molecule has 2 aromatic carbocycles. The van der Waals surface area contributed by atoms with E-state index in [0.29, 0.717) is 6.54 Å². The number of nitro groups is 1. The summed E-state index contributed by atoms with van der Waals surface area (Å²) in [6.45, 7) is 2.78. The van der Waals surface area contributed by atoms with Gasteiger partial charge >= 0.3 is 0 Å². The number of rotatable bonds is 6. The Morgan fingerprint density at radius 3 is 2.45 bits per heavy atom. The number of imide groups is 1. The van der Waals surface area contributed by atoms with Gasteiger partial charge in [0.15, 0.2) is 0 Å². The van der Waals surface area contributed by atoms with E-state index in [9.17, 15) is 19.7 Å². The van der Waals surface area contributed by atoms with Crippen molar-refractivity contribution >= 4 is 23.2 Å². The Morgan fingerprint density at radius 2 is 1.72 bits per heavy atom. The van der Waals surface area contributed by atoms with Gasteiger partial charge in [0.25, 0.3) is 17.5 Å². The van der Waals surface area contributed by atoms with Crippen LogP contribution in [0.2, 0.25) is 0 Å². The topological polar surface area (TPSA) is 87.0 Å². The number of fused-ring (bicyclic) bond motifs is 1. The number of anilines is 1. The highest BCUT2D eigenvalue weighted by Gasteiger charge is 2.37. The summed E-state index contributed by atoms with van der Waals surface area (Å²) in [7, 11) is 1.85. The van der Waals surface area contributed by atoms with E-state index < -0.39 is 16.7 Å². The molecular formula is C21H22N4O4. The third kappa shape index (κ3) is 3.58. The van der Waals surface area contributed by atoms with E-state index in [-0.39, 0.29) is 23.5 Å². The molecule has 8 heteroatoms. The van der Waals surface area contributed by atoms with Crippen LogP contribution in [0, 0.1) is 10.1 Å². The maximum Gasteiger partial charge on any atom is 0.270 e. The zero-order valence-electron chi connectivity index (χ0n) is 16.2. The molecule has 4 rings (SSSR count). The first-order chi connectivity index (χ1) is 14.0. The van der Waals surface area contributed by atoms with Crippen LogP contribution in [0.4, 0.5) is 11.4 Å². The van der Waals surface area contributed by atoms with Crippen molar-refractivity contribution in [1.29, 1.82) is 0 Å². The van der Waals surface area contributed by atoms with Crippen LogP contribution in [-0.4, -0.2) is 53.3 Å². The second kappa shape index (κ2) is 7.63. The largest absolute Gasteiger partial charge is 0.371 e.